The number of rotatable bonds is 6. The van der Waals surface area contributed by atoms with Crippen LogP contribution in [0.4, 0.5) is 0 Å². The summed E-state index contributed by atoms with van der Waals surface area (Å²) < 4.78 is 5.98. The van der Waals surface area contributed by atoms with Crippen molar-refractivity contribution in [1.82, 2.24) is 10.3 Å². The number of pyridine rings is 1. The molecule has 0 spiro atoms. The molecular formula is C18H24N2O. The van der Waals surface area contributed by atoms with E-state index in [-0.39, 0.29) is 0 Å². The lowest BCUT2D eigenvalue weighted by Gasteiger charge is -2.11. The van der Waals surface area contributed by atoms with Crippen molar-refractivity contribution in [3.05, 3.63) is 52.7 Å². The van der Waals surface area contributed by atoms with E-state index in [9.17, 15) is 0 Å². The van der Waals surface area contributed by atoms with E-state index in [1.54, 1.807) is 0 Å². The van der Waals surface area contributed by atoms with Crippen molar-refractivity contribution in [3.8, 4) is 11.6 Å². The smallest absolute Gasteiger partial charge is 0.219 e. The minimum absolute atomic E-state index is 0.664. The predicted molar refractivity (Wildman–Crippen MR) is 87.0 cm³/mol. The molecule has 0 aliphatic carbocycles. The van der Waals surface area contributed by atoms with Crippen molar-refractivity contribution < 1.29 is 4.74 Å². The first-order valence-corrected chi connectivity index (χ1v) is 7.52. The van der Waals surface area contributed by atoms with E-state index in [0.717, 1.165) is 36.5 Å². The standard InChI is InChI=1S/C18H24N2O/c1-5-8-19-12-16-10-15(4)20-18(11-16)21-17-9-13(2)6-7-14(17)3/h6-7,9-11,19H,5,8,12H2,1-4H3. The summed E-state index contributed by atoms with van der Waals surface area (Å²) in [6, 6.07) is 10.3. The lowest BCUT2D eigenvalue weighted by molar-refractivity contribution is 0.456. The van der Waals surface area contributed by atoms with Crippen molar-refractivity contribution >= 4 is 0 Å². The Morgan fingerprint density at radius 1 is 1.10 bits per heavy atom. The van der Waals surface area contributed by atoms with Crippen LogP contribution in [0.25, 0.3) is 0 Å². The van der Waals surface area contributed by atoms with Gasteiger partial charge in [-0.1, -0.05) is 19.1 Å². The molecule has 0 aliphatic rings. The molecule has 0 fully saturated rings. The summed E-state index contributed by atoms with van der Waals surface area (Å²) in [5, 5.41) is 3.41. The third-order valence-corrected chi connectivity index (χ3v) is 3.30. The van der Waals surface area contributed by atoms with Gasteiger partial charge in [0.15, 0.2) is 0 Å². The molecule has 1 N–H and O–H groups in total. The third kappa shape index (κ3) is 4.57. The number of nitrogens with one attached hydrogen (secondary N) is 1. The predicted octanol–water partition coefficient (Wildman–Crippen LogP) is 4.30. The maximum atomic E-state index is 5.98. The van der Waals surface area contributed by atoms with Crippen LogP contribution in [0.15, 0.2) is 30.3 Å². The van der Waals surface area contributed by atoms with E-state index in [0.29, 0.717) is 5.88 Å². The molecular weight excluding hydrogens is 260 g/mol. The zero-order valence-electron chi connectivity index (χ0n) is 13.4. The van der Waals surface area contributed by atoms with Crippen LogP contribution < -0.4 is 10.1 Å². The summed E-state index contributed by atoms with van der Waals surface area (Å²) in [5.74, 6) is 1.54. The highest BCUT2D eigenvalue weighted by atomic mass is 16.5. The van der Waals surface area contributed by atoms with Gasteiger partial charge in [0, 0.05) is 18.3 Å². The van der Waals surface area contributed by atoms with E-state index >= 15 is 0 Å². The second-order valence-corrected chi connectivity index (χ2v) is 5.50. The fourth-order valence-electron chi connectivity index (χ4n) is 2.20. The minimum Gasteiger partial charge on any atom is -0.439 e. The number of hydrogen-bond acceptors (Lipinski definition) is 3. The fourth-order valence-corrected chi connectivity index (χ4v) is 2.20. The molecule has 2 rings (SSSR count). The topological polar surface area (TPSA) is 34.2 Å². The van der Waals surface area contributed by atoms with Gasteiger partial charge >= 0.3 is 0 Å². The Morgan fingerprint density at radius 2 is 1.90 bits per heavy atom. The Hall–Kier alpha value is -1.87. The van der Waals surface area contributed by atoms with Gasteiger partial charge in [-0.25, -0.2) is 4.98 Å². The SMILES string of the molecule is CCCNCc1cc(C)nc(Oc2cc(C)ccc2C)c1. The third-order valence-electron chi connectivity index (χ3n) is 3.30. The summed E-state index contributed by atoms with van der Waals surface area (Å²) in [6.45, 7) is 10.2. The Morgan fingerprint density at radius 3 is 2.67 bits per heavy atom. The highest BCUT2D eigenvalue weighted by molar-refractivity contribution is 5.39. The molecule has 0 aliphatic heterocycles. The Balaban J connectivity index is 2.17. The van der Waals surface area contributed by atoms with Gasteiger partial charge in [-0.3, -0.25) is 0 Å². The molecule has 1 aromatic heterocycles. The highest BCUT2D eigenvalue weighted by Gasteiger charge is 2.05. The van der Waals surface area contributed by atoms with E-state index in [1.807, 2.05) is 26.0 Å². The Bertz CT molecular complexity index is 608. The molecule has 0 saturated heterocycles. The van der Waals surface area contributed by atoms with Crippen LogP contribution in [0, 0.1) is 20.8 Å². The highest BCUT2D eigenvalue weighted by Crippen LogP contribution is 2.25. The van der Waals surface area contributed by atoms with Crippen LogP contribution >= 0.6 is 0 Å². The summed E-state index contributed by atoms with van der Waals surface area (Å²) in [4.78, 5) is 4.48. The first-order chi connectivity index (χ1) is 10.1. The quantitative estimate of drug-likeness (QED) is 0.803. The van der Waals surface area contributed by atoms with Gasteiger partial charge in [0.05, 0.1) is 0 Å². The van der Waals surface area contributed by atoms with Crippen molar-refractivity contribution in [2.45, 2.75) is 40.7 Å². The van der Waals surface area contributed by atoms with Gasteiger partial charge in [0.2, 0.25) is 5.88 Å². The summed E-state index contributed by atoms with van der Waals surface area (Å²) in [7, 11) is 0. The van der Waals surface area contributed by atoms with Crippen molar-refractivity contribution in [3.63, 3.8) is 0 Å². The molecule has 21 heavy (non-hydrogen) atoms. The monoisotopic (exact) mass is 284 g/mol. The maximum Gasteiger partial charge on any atom is 0.219 e. The molecule has 3 nitrogen and oxygen atoms in total. The zero-order valence-corrected chi connectivity index (χ0v) is 13.4. The van der Waals surface area contributed by atoms with Gasteiger partial charge in [-0.2, -0.15) is 0 Å². The molecule has 2 aromatic rings. The van der Waals surface area contributed by atoms with E-state index in [4.69, 9.17) is 4.74 Å². The number of aromatic nitrogens is 1. The lowest BCUT2D eigenvalue weighted by Crippen LogP contribution is -2.14. The normalized spacial score (nSPS) is 10.7. The van der Waals surface area contributed by atoms with E-state index in [1.165, 1.54) is 11.1 Å². The molecule has 0 unspecified atom stereocenters. The second-order valence-electron chi connectivity index (χ2n) is 5.50. The van der Waals surface area contributed by atoms with Crippen LogP contribution in [0.2, 0.25) is 0 Å². The average molecular weight is 284 g/mol. The average Bonchev–Trinajstić information content (AvgIpc) is 2.43. The van der Waals surface area contributed by atoms with E-state index < -0.39 is 0 Å². The van der Waals surface area contributed by atoms with Crippen LogP contribution in [0.3, 0.4) is 0 Å². The first kappa shape index (κ1) is 15.5. The number of nitrogens with zero attached hydrogens (tertiary/aromatic N) is 1. The van der Waals surface area contributed by atoms with Crippen LogP contribution in [0.1, 0.15) is 35.7 Å². The van der Waals surface area contributed by atoms with Crippen LogP contribution in [-0.2, 0) is 6.54 Å². The van der Waals surface area contributed by atoms with Gasteiger partial charge in [0.25, 0.3) is 0 Å². The minimum atomic E-state index is 0.664. The lowest BCUT2D eigenvalue weighted by atomic mass is 10.1. The largest absolute Gasteiger partial charge is 0.439 e. The van der Waals surface area contributed by atoms with Gasteiger partial charge in [-0.15, -0.1) is 0 Å². The van der Waals surface area contributed by atoms with Gasteiger partial charge in [0.1, 0.15) is 5.75 Å². The van der Waals surface area contributed by atoms with Gasteiger partial charge < -0.3 is 10.1 Å². The Kier molecular flexibility index (Phi) is 5.34. The molecule has 0 radical (unpaired) electrons. The van der Waals surface area contributed by atoms with Crippen molar-refractivity contribution in [1.29, 1.82) is 0 Å². The van der Waals surface area contributed by atoms with Crippen LogP contribution in [0.5, 0.6) is 11.6 Å². The molecule has 3 heteroatoms. The molecule has 0 bridgehead atoms. The molecule has 0 saturated carbocycles. The maximum absolute atomic E-state index is 5.98. The molecule has 0 amide bonds. The van der Waals surface area contributed by atoms with Crippen molar-refractivity contribution in [2.75, 3.05) is 6.54 Å². The summed E-state index contributed by atoms with van der Waals surface area (Å²) in [5.41, 5.74) is 4.49. The first-order valence-electron chi connectivity index (χ1n) is 7.52. The summed E-state index contributed by atoms with van der Waals surface area (Å²) in [6.07, 6.45) is 1.13. The molecule has 0 atom stereocenters. The van der Waals surface area contributed by atoms with Crippen LogP contribution in [-0.4, -0.2) is 11.5 Å². The van der Waals surface area contributed by atoms with Gasteiger partial charge in [-0.05, 0) is 62.6 Å². The number of aryl methyl sites for hydroxylation is 3. The zero-order chi connectivity index (χ0) is 15.2. The summed E-state index contributed by atoms with van der Waals surface area (Å²) >= 11 is 0. The molecule has 1 heterocycles. The second kappa shape index (κ2) is 7.23. The molecule has 112 valence electrons. The number of hydrogen-bond donors (Lipinski definition) is 1. The van der Waals surface area contributed by atoms with E-state index in [2.05, 4.69) is 42.3 Å². The van der Waals surface area contributed by atoms with Crippen molar-refractivity contribution in [2.24, 2.45) is 0 Å². The number of ether oxygens (including phenoxy) is 1. The fraction of sp³-hybridized carbons (Fsp3) is 0.389. The Labute approximate surface area is 127 Å². The molecule has 1 aromatic carbocycles. The number of benzene rings is 1.